The lowest BCUT2D eigenvalue weighted by Gasteiger charge is -2.17. The van der Waals surface area contributed by atoms with Crippen LogP contribution in [0.25, 0.3) is 0 Å². The number of aromatic nitrogens is 1. The van der Waals surface area contributed by atoms with Gasteiger partial charge in [0.05, 0.1) is 0 Å². The van der Waals surface area contributed by atoms with Crippen LogP contribution in [0.2, 0.25) is 0 Å². The molecule has 1 amide bonds. The van der Waals surface area contributed by atoms with Crippen molar-refractivity contribution < 1.29 is 4.79 Å². The zero-order chi connectivity index (χ0) is 16.5. The number of hydrogen-bond donors (Lipinski definition) is 1. The molecule has 2 aromatic rings. The predicted molar refractivity (Wildman–Crippen MR) is 94.5 cm³/mol. The lowest BCUT2D eigenvalue weighted by molar-refractivity contribution is -0.129. The van der Waals surface area contributed by atoms with Gasteiger partial charge >= 0.3 is 0 Å². The molecular formula is C19H25N3O. The second kappa shape index (κ2) is 8.93. The van der Waals surface area contributed by atoms with Crippen molar-refractivity contribution in [3.63, 3.8) is 0 Å². The highest BCUT2D eigenvalue weighted by Crippen LogP contribution is 2.10. The summed E-state index contributed by atoms with van der Waals surface area (Å²) in [6, 6.07) is 12.3. The molecule has 1 N–H and O–H groups in total. The van der Waals surface area contributed by atoms with E-state index < -0.39 is 0 Å². The Morgan fingerprint density at radius 2 is 1.78 bits per heavy atom. The predicted octanol–water partition coefficient (Wildman–Crippen LogP) is 3.15. The molecule has 0 saturated heterocycles. The molecule has 0 aliphatic rings. The lowest BCUT2D eigenvalue weighted by Crippen LogP contribution is -2.30. The van der Waals surface area contributed by atoms with Crippen molar-refractivity contribution in [3.05, 3.63) is 59.9 Å². The zero-order valence-corrected chi connectivity index (χ0v) is 14.0. The van der Waals surface area contributed by atoms with Crippen molar-refractivity contribution in [2.75, 3.05) is 25.5 Å². The second-order valence-corrected chi connectivity index (χ2v) is 5.65. The van der Waals surface area contributed by atoms with Crippen LogP contribution in [0.15, 0.2) is 48.8 Å². The summed E-state index contributed by atoms with van der Waals surface area (Å²) in [4.78, 5) is 17.9. The van der Waals surface area contributed by atoms with Crippen LogP contribution < -0.4 is 5.32 Å². The number of benzene rings is 1. The smallest absolute Gasteiger partial charge is 0.224 e. The number of likely N-dealkylation sites (N-methyl/N-ethyl adjacent to an activating group) is 1. The standard InChI is InChI=1S/C19H25N3O/c1-3-16-4-6-18(7-5-16)21-14-10-19(23)22(2)15-11-17-8-12-20-13-9-17/h4-9,12-13,21H,3,10-11,14-15H2,1-2H3. The molecule has 122 valence electrons. The first-order chi connectivity index (χ1) is 11.2. The molecule has 0 aliphatic carbocycles. The van der Waals surface area contributed by atoms with E-state index in [0.29, 0.717) is 13.0 Å². The number of carbonyl (C=O) groups excluding carboxylic acids is 1. The van der Waals surface area contributed by atoms with Gasteiger partial charge in [0.25, 0.3) is 0 Å². The molecule has 1 aromatic carbocycles. The van der Waals surface area contributed by atoms with E-state index >= 15 is 0 Å². The van der Waals surface area contributed by atoms with E-state index in [-0.39, 0.29) is 5.91 Å². The van der Waals surface area contributed by atoms with Gasteiger partial charge in [-0.3, -0.25) is 9.78 Å². The van der Waals surface area contributed by atoms with Gasteiger partial charge in [-0.15, -0.1) is 0 Å². The van der Waals surface area contributed by atoms with Gasteiger partial charge in [0, 0.05) is 44.6 Å². The number of anilines is 1. The Morgan fingerprint density at radius 1 is 1.09 bits per heavy atom. The van der Waals surface area contributed by atoms with Crippen LogP contribution in [0.3, 0.4) is 0 Å². The van der Waals surface area contributed by atoms with Gasteiger partial charge in [0.15, 0.2) is 0 Å². The molecule has 0 fully saturated rings. The Labute approximate surface area is 138 Å². The first-order valence-electron chi connectivity index (χ1n) is 8.14. The number of nitrogens with one attached hydrogen (secondary N) is 1. The number of pyridine rings is 1. The van der Waals surface area contributed by atoms with Crippen molar-refractivity contribution in [2.24, 2.45) is 0 Å². The van der Waals surface area contributed by atoms with E-state index in [1.165, 1.54) is 11.1 Å². The van der Waals surface area contributed by atoms with Gasteiger partial charge in [-0.25, -0.2) is 0 Å². The zero-order valence-electron chi connectivity index (χ0n) is 14.0. The van der Waals surface area contributed by atoms with Gasteiger partial charge in [-0.2, -0.15) is 0 Å². The van der Waals surface area contributed by atoms with Crippen LogP contribution in [0.1, 0.15) is 24.5 Å². The van der Waals surface area contributed by atoms with Gasteiger partial charge in [-0.05, 0) is 48.2 Å². The van der Waals surface area contributed by atoms with Crippen LogP contribution in [0, 0.1) is 0 Å². The third-order valence-electron chi connectivity index (χ3n) is 3.94. The first kappa shape index (κ1) is 17.0. The normalized spacial score (nSPS) is 10.3. The van der Waals surface area contributed by atoms with Crippen molar-refractivity contribution in [2.45, 2.75) is 26.2 Å². The summed E-state index contributed by atoms with van der Waals surface area (Å²) in [5, 5.41) is 3.30. The SMILES string of the molecule is CCc1ccc(NCCC(=O)N(C)CCc2ccncc2)cc1. The van der Waals surface area contributed by atoms with Crippen LogP contribution in [0.4, 0.5) is 5.69 Å². The molecule has 0 bridgehead atoms. The highest BCUT2D eigenvalue weighted by atomic mass is 16.2. The molecular weight excluding hydrogens is 286 g/mol. The van der Waals surface area contributed by atoms with E-state index in [0.717, 1.165) is 25.1 Å². The summed E-state index contributed by atoms with van der Waals surface area (Å²) < 4.78 is 0. The minimum Gasteiger partial charge on any atom is -0.385 e. The molecule has 0 saturated carbocycles. The molecule has 0 spiro atoms. The van der Waals surface area contributed by atoms with E-state index in [9.17, 15) is 4.79 Å². The maximum atomic E-state index is 12.1. The Morgan fingerprint density at radius 3 is 2.43 bits per heavy atom. The Bertz CT molecular complexity index is 596. The molecule has 4 nitrogen and oxygen atoms in total. The number of carbonyl (C=O) groups is 1. The van der Waals surface area contributed by atoms with E-state index in [1.807, 2.05) is 19.2 Å². The summed E-state index contributed by atoms with van der Waals surface area (Å²) >= 11 is 0. The number of rotatable bonds is 8. The fourth-order valence-corrected chi connectivity index (χ4v) is 2.33. The Hall–Kier alpha value is -2.36. The third kappa shape index (κ3) is 5.74. The monoisotopic (exact) mass is 311 g/mol. The van der Waals surface area contributed by atoms with Crippen LogP contribution >= 0.6 is 0 Å². The number of aryl methyl sites for hydroxylation is 1. The average Bonchev–Trinajstić information content (AvgIpc) is 2.61. The molecule has 0 unspecified atom stereocenters. The highest BCUT2D eigenvalue weighted by Gasteiger charge is 2.08. The van der Waals surface area contributed by atoms with Crippen LogP contribution in [-0.4, -0.2) is 35.9 Å². The fourth-order valence-electron chi connectivity index (χ4n) is 2.33. The molecule has 1 aromatic heterocycles. The highest BCUT2D eigenvalue weighted by molar-refractivity contribution is 5.76. The van der Waals surface area contributed by atoms with Crippen LogP contribution in [0.5, 0.6) is 0 Å². The molecule has 23 heavy (non-hydrogen) atoms. The van der Waals surface area contributed by atoms with Crippen molar-refractivity contribution in [1.82, 2.24) is 9.88 Å². The molecule has 4 heteroatoms. The summed E-state index contributed by atoms with van der Waals surface area (Å²) in [5.41, 5.74) is 3.59. The van der Waals surface area contributed by atoms with Crippen molar-refractivity contribution in [3.8, 4) is 0 Å². The molecule has 2 rings (SSSR count). The van der Waals surface area contributed by atoms with Gasteiger partial charge in [-0.1, -0.05) is 19.1 Å². The average molecular weight is 311 g/mol. The second-order valence-electron chi connectivity index (χ2n) is 5.65. The Balaban J connectivity index is 1.69. The number of nitrogens with zero attached hydrogens (tertiary/aromatic N) is 2. The van der Waals surface area contributed by atoms with Crippen molar-refractivity contribution in [1.29, 1.82) is 0 Å². The molecule has 0 aliphatic heterocycles. The largest absolute Gasteiger partial charge is 0.385 e. The first-order valence-corrected chi connectivity index (χ1v) is 8.14. The third-order valence-corrected chi connectivity index (χ3v) is 3.94. The maximum Gasteiger partial charge on any atom is 0.224 e. The topological polar surface area (TPSA) is 45.2 Å². The molecule has 0 radical (unpaired) electrons. The quantitative estimate of drug-likeness (QED) is 0.814. The molecule has 1 heterocycles. The van der Waals surface area contributed by atoms with Gasteiger partial charge in [0.2, 0.25) is 5.91 Å². The number of hydrogen-bond acceptors (Lipinski definition) is 3. The lowest BCUT2D eigenvalue weighted by atomic mass is 10.1. The summed E-state index contributed by atoms with van der Waals surface area (Å²) in [5.74, 6) is 0.164. The van der Waals surface area contributed by atoms with Gasteiger partial charge in [0.1, 0.15) is 0 Å². The van der Waals surface area contributed by atoms with Crippen LogP contribution in [-0.2, 0) is 17.6 Å². The van der Waals surface area contributed by atoms with E-state index in [4.69, 9.17) is 0 Å². The van der Waals surface area contributed by atoms with E-state index in [2.05, 4.69) is 41.5 Å². The summed E-state index contributed by atoms with van der Waals surface area (Å²) in [7, 11) is 1.86. The fraction of sp³-hybridized carbons (Fsp3) is 0.368. The Kier molecular flexibility index (Phi) is 6.60. The summed E-state index contributed by atoms with van der Waals surface area (Å²) in [6.45, 7) is 3.53. The minimum absolute atomic E-state index is 0.164. The summed E-state index contributed by atoms with van der Waals surface area (Å²) in [6.07, 6.45) is 5.97. The van der Waals surface area contributed by atoms with Gasteiger partial charge < -0.3 is 10.2 Å². The van der Waals surface area contributed by atoms with Crippen molar-refractivity contribution >= 4 is 11.6 Å². The maximum absolute atomic E-state index is 12.1. The molecule has 0 atom stereocenters. The minimum atomic E-state index is 0.164. The van der Waals surface area contributed by atoms with E-state index in [1.54, 1.807) is 17.3 Å². The number of amides is 1.